The molecule has 2 rings (SSSR count). The van der Waals surface area contributed by atoms with Gasteiger partial charge in [-0.05, 0) is 81.0 Å². The molecule has 0 bridgehead atoms. The number of carbonyl (C=O) groups is 2. The number of anilines is 1. The summed E-state index contributed by atoms with van der Waals surface area (Å²) in [4.78, 5) is 26.2. The van der Waals surface area contributed by atoms with Gasteiger partial charge in [-0.25, -0.2) is 0 Å². The minimum absolute atomic E-state index is 0.00182. The third-order valence-electron chi connectivity index (χ3n) is 4.99. The van der Waals surface area contributed by atoms with Crippen molar-refractivity contribution in [2.45, 2.75) is 41.5 Å². The summed E-state index contributed by atoms with van der Waals surface area (Å²) in [6.45, 7) is 12.1. The number of carbonyl (C=O) groups excluding carboxylic acids is 2. The van der Waals surface area contributed by atoms with E-state index in [1.54, 1.807) is 7.05 Å². The van der Waals surface area contributed by atoms with Crippen LogP contribution >= 0.6 is 0 Å². The maximum Gasteiger partial charge on any atom is 0.246 e. The number of hydrogen-bond donors (Lipinski definition) is 1. The number of hydrogen-bond acceptors (Lipinski definition) is 2. The third-order valence-corrected chi connectivity index (χ3v) is 4.99. The molecule has 0 heterocycles. The van der Waals surface area contributed by atoms with Crippen molar-refractivity contribution in [1.82, 2.24) is 4.90 Å². The quantitative estimate of drug-likeness (QED) is 0.770. The second-order valence-electron chi connectivity index (χ2n) is 7.64. The van der Waals surface area contributed by atoms with Crippen LogP contribution < -0.4 is 5.32 Å². The van der Waals surface area contributed by atoms with E-state index in [-0.39, 0.29) is 18.4 Å². The maximum atomic E-state index is 12.4. The van der Waals surface area contributed by atoms with Crippen LogP contribution in [0.15, 0.2) is 30.3 Å². The highest BCUT2D eigenvalue weighted by Crippen LogP contribution is 2.22. The molecule has 0 saturated carbocycles. The highest BCUT2D eigenvalue weighted by Gasteiger charge is 2.13. The molecule has 2 aromatic rings. The molecule has 0 aromatic heterocycles. The van der Waals surface area contributed by atoms with Crippen molar-refractivity contribution >= 4 is 23.6 Å². The fourth-order valence-electron chi connectivity index (χ4n) is 3.30. The number of nitrogens with one attached hydrogen (secondary N) is 1. The molecular weight excluding hydrogens is 348 g/mol. The SMILES string of the molecule is Cc1cc(C)c(NC(=O)CN(C)C(=O)/C=C/c2cc(C)c(C)cc2C)c(C)c1. The van der Waals surface area contributed by atoms with Gasteiger partial charge in [-0.15, -0.1) is 0 Å². The zero-order chi connectivity index (χ0) is 21.0. The largest absolute Gasteiger partial charge is 0.333 e. The van der Waals surface area contributed by atoms with Gasteiger partial charge >= 0.3 is 0 Å². The van der Waals surface area contributed by atoms with Crippen molar-refractivity contribution in [3.05, 3.63) is 69.3 Å². The van der Waals surface area contributed by atoms with Crippen LogP contribution in [0.1, 0.15) is 38.9 Å². The van der Waals surface area contributed by atoms with E-state index in [0.29, 0.717) is 0 Å². The first-order valence-electron chi connectivity index (χ1n) is 9.47. The first kappa shape index (κ1) is 21.4. The van der Waals surface area contributed by atoms with E-state index < -0.39 is 0 Å². The highest BCUT2D eigenvalue weighted by atomic mass is 16.2. The Morgan fingerprint density at radius 3 is 2.04 bits per heavy atom. The van der Waals surface area contributed by atoms with Crippen LogP contribution in [0.2, 0.25) is 0 Å². The molecule has 0 spiro atoms. The molecule has 1 N–H and O–H groups in total. The maximum absolute atomic E-state index is 12.4. The van der Waals surface area contributed by atoms with Crippen LogP contribution in [0.3, 0.4) is 0 Å². The van der Waals surface area contributed by atoms with Crippen molar-refractivity contribution in [3.63, 3.8) is 0 Å². The van der Waals surface area contributed by atoms with Gasteiger partial charge in [0.15, 0.2) is 0 Å². The van der Waals surface area contributed by atoms with E-state index in [1.165, 1.54) is 22.1 Å². The summed E-state index contributed by atoms with van der Waals surface area (Å²) in [6.07, 6.45) is 3.33. The molecule has 0 saturated heterocycles. The molecule has 0 aliphatic heterocycles. The summed E-state index contributed by atoms with van der Waals surface area (Å²) in [5.74, 6) is -0.410. The Hall–Kier alpha value is -2.88. The first-order chi connectivity index (χ1) is 13.1. The Morgan fingerprint density at radius 2 is 1.43 bits per heavy atom. The summed E-state index contributed by atoms with van der Waals surface area (Å²) in [7, 11) is 1.63. The predicted octanol–water partition coefficient (Wildman–Crippen LogP) is 4.65. The van der Waals surface area contributed by atoms with Gasteiger partial charge in [0.1, 0.15) is 0 Å². The Morgan fingerprint density at radius 1 is 0.857 bits per heavy atom. The van der Waals surface area contributed by atoms with Gasteiger partial charge in [0.05, 0.1) is 6.54 Å². The van der Waals surface area contributed by atoms with Crippen LogP contribution in [-0.4, -0.2) is 30.3 Å². The molecule has 28 heavy (non-hydrogen) atoms. The third kappa shape index (κ3) is 5.32. The van der Waals surface area contributed by atoms with E-state index in [9.17, 15) is 9.59 Å². The van der Waals surface area contributed by atoms with E-state index in [1.807, 2.05) is 45.9 Å². The Bertz CT molecular complexity index is 919. The first-order valence-corrected chi connectivity index (χ1v) is 9.47. The van der Waals surface area contributed by atoms with Gasteiger partial charge in [0.2, 0.25) is 11.8 Å². The smallest absolute Gasteiger partial charge is 0.246 e. The van der Waals surface area contributed by atoms with Gasteiger partial charge < -0.3 is 10.2 Å². The summed E-state index contributed by atoms with van der Waals surface area (Å²) >= 11 is 0. The molecule has 0 aliphatic carbocycles. The van der Waals surface area contributed by atoms with E-state index >= 15 is 0 Å². The fraction of sp³-hybridized carbons (Fsp3) is 0.333. The van der Waals surface area contributed by atoms with Crippen molar-refractivity contribution in [2.24, 2.45) is 0 Å². The molecule has 148 valence electrons. The number of amides is 2. The minimum atomic E-state index is -0.207. The molecule has 4 nitrogen and oxygen atoms in total. The second-order valence-corrected chi connectivity index (χ2v) is 7.64. The van der Waals surface area contributed by atoms with Gasteiger partial charge in [0.25, 0.3) is 0 Å². The minimum Gasteiger partial charge on any atom is -0.333 e. The summed E-state index contributed by atoms with van der Waals surface area (Å²) in [6, 6.07) is 8.26. The van der Waals surface area contributed by atoms with Gasteiger partial charge in [-0.1, -0.05) is 29.8 Å². The Balaban J connectivity index is 2.02. The van der Waals surface area contributed by atoms with Crippen molar-refractivity contribution in [3.8, 4) is 0 Å². The lowest BCUT2D eigenvalue weighted by atomic mass is 10.0. The highest BCUT2D eigenvalue weighted by molar-refractivity contribution is 5.98. The van der Waals surface area contributed by atoms with Gasteiger partial charge in [-0.3, -0.25) is 9.59 Å². The molecule has 0 atom stereocenters. The summed E-state index contributed by atoms with van der Waals surface area (Å²) in [5.41, 5.74) is 8.57. The predicted molar refractivity (Wildman–Crippen MR) is 117 cm³/mol. The van der Waals surface area contributed by atoms with Crippen molar-refractivity contribution < 1.29 is 9.59 Å². The van der Waals surface area contributed by atoms with Crippen molar-refractivity contribution in [2.75, 3.05) is 18.9 Å². The molecular formula is C24H30N2O2. The monoisotopic (exact) mass is 378 g/mol. The van der Waals surface area contributed by atoms with Crippen LogP contribution in [0, 0.1) is 41.5 Å². The van der Waals surface area contributed by atoms with E-state index in [4.69, 9.17) is 0 Å². The summed E-state index contributed by atoms with van der Waals surface area (Å²) < 4.78 is 0. The normalized spacial score (nSPS) is 11.0. The number of likely N-dealkylation sites (N-methyl/N-ethyl adjacent to an activating group) is 1. The zero-order valence-electron chi connectivity index (χ0n) is 17.9. The van der Waals surface area contributed by atoms with Crippen LogP contribution in [0.4, 0.5) is 5.69 Å². The standard InChI is InChI=1S/C24H30N2O2/c1-15-10-19(5)24(20(6)11-15)25-22(27)14-26(7)23(28)9-8-21-13-17(3)16(2)12-18(21)4/h8-13H,14H2,1-7H3,(H,25,27)/b9-8+. The lowest BCUT2D eigenvalue weighted by Gasteiger charge is -2.17. The molecule has 0 unspecified atom stereocenters. The van der Waals surface area contributed by atoms with Crippen LogP contribution in [0.25, 0.3) is 6.08 Å². The van der Waals surface area contributed by atoms with Crippen LogP contribution in [-0.2, 0) is 9.59 Å². The molecule has 0 aliphatic rings. The number of benzene rings is 2. The molecule has 2 amide bonds. The average molecular weight is 379 g/mol. The van der Waals surface area contributed by atoms with E-state index in [2.05, 4.69) is 31.3 Å². The average Bonchev–Trinajstić information content (AvgIpc) is 2.59. The molecule has 0 fully saturated rings. The number of aryl methyl sites for hydroxylation is 6. The number of nitrogens with zero attached hydrogens (tertiary/aromatic N) is 1. The molecule has 2 aromatic carbocycles. The summed E-state index contributed by atoms with van der Waals surface area (Å²) in [5, 5.41) is 2.93. The lowest BCUT2D eigenvalue weighted by molar-refractivity contribution is -0.129. The Labute approximate surface area is 168 Å². The zero-order valence-corrected chi connectivity index (χ0v) is 17.9. The fourth-order valence-corrected chi connectivity index (χ4v) is 3.30. The van der Waals surface area contributed by atoms with Crippen LogP contribution in [0.5, 0.6) is 0 Å². The Kier molecular flexibility index (Phi) is 6.79. The van der Waals surface area contributed by atoms with Gasteiger partial charge in [-0.2, -0.15) is 0 Å². The molecule has 4 heteroatoms. The molecule has 0 radical (unpaired) electrons. The van der Waals surface area contributed by atoms with E-state index in [0.717, 1.165) is 33.5 Å². The lowest BCUT2D eigenvalue weighted by Crippen LogP contribution is -2.34. The number of rotatable bonds is 5. The topological polar surface area (TPSA) is 49.4 Å². The van der Waals surface area contributed by atoms with Gasteiger partial charge in [0, 0.05) is 18.8 Å². The van der Waals surface area contributed by atoms with Crippen molar-refractivity contribution in [1.29, 1.82) is 0 Å². The second kappa shape index (κ2) is 8.87.